The molecule has 0 spiro atoms. The molecule has 122 valence electrons. The quantitative estimate of drug-likeness (QED) is 0.458. The molecular formula is C22H17NO2. The highest BCUT2D eigenvalue weighted by atomic mass is 16.5. The van der Waals surface area contributed by atoms with Gasteiger partial charge < -0.3 is 9.47 Å². The van der Waals surface area contributed by atoms with Crippen molar-refractivity contribution in [3.8, 4) is 29.6 Å². The van der Waals surface area contributed by atoms with Gasteiger partial charge in [0, 0.05) is 11.8 Å². The van der Waals surface area contributed by atoms with E-state index in [1.54, 1.807) is 6.21 Å². The molecule has 0 saturated carbocycles. The summed E-state index contributed by atoms with van der Waals surface area (Å²) < 4.78 is 11.3. The van der Waals surface area contributed by atoms with Crippen LogP contribution in [0.1, 0.15) is 5.56 Å². The minimum atomic E-state index is 0.233. The number of ether oxygens (including phenoxy) is 2. The molecule has 25 heavy (non-hydrogen) atoms. The smallest absolute Gasteiger partial charge is 0.148 e. The first-order valence-electron chi connectivity index (χ1n) is 7.87. The van der Waals surface area contributed by atoms with E-state index in [-0.39, 0.29) is 6.61 Å². The van der Waals surface area contributed by atoms with Gasteiger partial charge in [-0.1, -0.05) is 36.3 Å². The topological polar surface area (TPSA) is 30.8 Å². The molecule has 0 unspecified atom stereocenters. The second kappa shape index (κ2) is 8.37. The van der Waals surface area contributed by atoms with Gasteiger partial charge in [0.15, 0.2) is 0 Å². The Morgan fingerprint density at radius 2 is 1.52 bits per heavy atom. The third-order valence-electron chi connectivity index (χ3n) is 3.40. The fourth-order valence-electron chi connectivity index (χ4n) is 2.21. The minimum absolute atomic E-state index is 0.233. The summed E-state index contributed by atoms with van der Waals surface area (Å²) in [5.74, 6) is 4.75. The summed E-state index contributed by atoms with van der Waals surface area (Å²) in [5.41, 5.74) is 1.70. The van der Waals surface area contributed by atoms with Gasteiger partial charge in [-0.3, -0.25) is 4.99 Å². The maximum absolute atomic E-state index is 5.77. The van der Waals surface area contributed by atoms with Crippen molar-refractivity contribution < 1.29 is 9.47 Å². The van der Waals surface area contributed by atoms with Gasteiger partial charge in [0.25, 0.3) is 0 Å². The molecule has 3 nitrogen and oxygen atoms in total. The molecule has 3 aromatic carbocycles. The molecule has 0 aliphatic rings. The van der Waals surface area contributed by atoms with Crippen molar-refractivity contribution in [3.05, 3.63) is 84.4 Å². The highest BCUT2D eigenvalue weighted by Gasteiger charge is 2.00. The number of terminal acetylenes is 1. The van der Waals surface area contributed by atoms with Gasteiger partial charge in [0.1, 0.15) is 23.9 Å². The molecule has 0 N–H and O–H groups in total. The summed E-state index contributed by atoms with van der Waals surface area (Å²) in [6.07, 6.45) is 7.00. The Kier molecular flexibility index (Phi) is 5.48. The van der Waals surface area contributed by atoms with Crippen LogP contribution in [0.5, 0.6) is 17.2 Å². The number of para-hydroxylation sites is 2. The van der Waals surface area contributed by atoms with Gasteiger partial charge in [0.2, 0.25) is 0 Å². The second-order valence-corrected chi connectivity index (χ2v) is 5.20. The van der Waals surface area contributed by atoms with E-state index in [1.165, 1.54) is 0 Å². The molecule has 0 amide bonds. The molecule has 0 atom stereocenters. The molecule has 0 heterocycles. The van der Waals surface area contributed by atoms with Crippen molar-refractivity contribution in [1.29, 1.82) is 0 Å². The second-order valence-electron chi connectivity index (χ2n) is 5.20. The number of nitrogens with zero attached hydrogens (tertiary/aromatic N) is 1. The third kappa shape index (κ3) is 4.73. The molecule has 3 heteroatoms. The van der Waals surface area contributed by atoms with Crippen molar-refractivity contribution in [3.63, 3.8) is 0 Å². The number of rotatable bonds is 6. The average molecular weight is 327 g/mol. The summed E-state index contributed by atoms with van der Waals surface area (Å²) in [5, 5.41) is 0. The summed E-state index contributed by atoms with van der Waals surface area (Å²) in [7, 11) is 0. The zero-order valence-corrected chi connectivity index (χ0v) is 13.6. The molecule has 0 aliphatic heterocycles. The fraction of sp³-hybridized carbons (Fsp3) is 0.0455. The molecule has 0 bridgehead atoms. The Morgan fingerprint density at radius 3 is 2.28 bits per heavy atom. The Hall–Kier alpha value is -3.51. The molecule has 0 fully saturated rings. The average Bonchev–Trinajstić information content (AvgIpc) is 2.67. The number of hydrogen-bond acceptors (Lipinski definition) is 3. The Bertz CT molecular complexity index is 878. The van der Waals surface area contributed by atoms with E-state index in [0.29, 0.717) is 5.75 Å². The largest absolute Gasteiger partial charge is 0.480 e. The van der Waals surface area contributed by atoms with Gasteiger partial charge in [-0.25, -0.2) is 0 Å². The third-order valence-corrected chi connectivity index (χ3v) is 3.40. The van der Waals surface area contributed by atoms with Crippen molar-refractivity contribution in [1.82, 2.24) is 0 Å². The lowest BCUT2D eigenvalue weighted by molar-refractivity contribution is 0.370. The van der Waals surface area contributed by atoms with E-state index in [0.717, 1.165) is 22.7 Å². The predicted molar refractivity (Wildman–Crippen MR) is 101 cm³/mol. The molecule has 3 aromatic rings. The van der Waals surface area contributed by atoms with E-state index < -0.39 is 0 Å². The van der Waals surface area contributed by atoms with Crippen LogP contribution in [-0.2, 0) is 0 Å². The Labute approximate surface area is 147 Å². The van der Waals surface area contributed by atoms with E-state index in [2.05, 4.69) is 10.9 Å². The van der Waals surface area contributed by atoms with Gasteiger partial charge in [-0.2, -0.15) is 0 Å². The Morgan fingerprint density at radius 1 is 0.840 bits per heavy atom. The van der Waals surface area contributed by atoms with Crippen molar-refractivity contribution >= 4 is 11.9 Å². The zero-order valence-electron chi connectivity index (χ0n) is 13.6. The predicted octanol–water partition coefficient (Wildman–Crippen LogP) is 5.24. The van der Waals surface area contributed by atoms with E-state index >= 15 is 0 Å². The molecular weight excluding hydrogens is 310 g/mol. The summed E-state index contributed by atoms with van der Waals surface area (Å²) in [4.78, 5) is 4.48. The normalized spacial score (nSPS) is 10.4. The summed E-state index contributed by atoms with van der Waals surface area (Å²) in [6.45, 7) is 0.233. The lowest BCUT2D eigenvalue weighted by atomic mass is 10.2. The van der Waals surface area contributed by atoms with Gasteiger partial charge in [-0.15, -0.1) is 6.42 Å². The van der Waals surface area contributed by atoms with E-state index in [1.807, 2.05) is 78.9 Å². The van der Waals surface area contributed by atoms with Gasteiger partial charge in [0.05, 0.1) is 5.69 Å². The van der Waals surface area contributed by atoms with Crippen LogP contribution in [0.4, 0.5) is 5.69 Å². The standard InChI is InChI=1S/C22H17NO2/c1-2-16-24-22-11-7-6-8-18(22)17-23-19-12-14-21(15-13-19)25-20-9-4-3-5-10-20/h1,3-15,17H,16H2. The molecule has 0 radical (unpaired) electrons. The van der Waals surface area contributed by atoms with Crippen molar-refractivity contribution in [2.45, 2.75) is 0 Å². The van der Waals surface area contributed by atoms with Crippen LogP contribution >= 0.6 is 0 Å². The molecule has 0 aliphatic carbocycles. The molecule has 0 saturated heterocycles. The number of aliphatic imine (C=N–C) groups is 1. The van der Waals surface area contributed by atoms with Crippen LogP contribution in [0, 0.1) is 12.3 Å². The lowest BCUT2D eigenvalue weighted by Crippen LogP contribution is -1.96. The van der Waals surface area contributed by atoms with Crippen LogP contribution in [0.2, 0.25) is 0 Å². The molecule has 3 rings (SSSR count). The van der Waals surface area contributed by atoms with E-state index in [4.69, 9.17) is 15.9 Å². The van der Waals surface area contributed by atoms with Gasteiger partial charge in [-0.05, 0) is 48.5 Å². The van der Waals surface area contributed by atoms with Crippen LogP contribution in [-0.4, -0.2) is 12.8 Å². The first-order valence-corrected chi connectivity index (χ1v) is 7.87. The number of benzene rings is 3. The van der Waals surface area contributed by atoms with Crippen LogP contribution < -0.4 is 9.47 Å². The first kappa shape index (κ1) is 16.4. The van der Waals surface area contributed by atoms with Crippen molar-refractivity contribution in [2.75, 3.05) is 6.61 Å². The maximum Gasteiger partial charge on any atom is 0.148 e. The fourth-order valence-corrected chi connectivity index (χ4v) is 2.21. The highest BCUT2D eigenvalue weighted by Crippen LogP contribution is 2.24. The maximum atomic E-state index is 5.77. The zero-order chi connectivity index (χ0) is 17.3. The first-order chi connectivity index (χ1) is 12.3. The van der Waals surface area contributed by atoms with Crippen molar-refractivity contribution in [2.24, 2.45) is 4.99 Å². The monoisotopic (exact) mass is 327 g/mol. The molecule has 0 aromatic heterocycles. The van der Waals surface area contributed by atoms with E-state index in [9.17, 15) is 0 Å². The van der Waals surface area contributed by atoms with Crippen LogP contribution in [0.3, 0.4) is 0 Å². The summed E-state index contributed by atoms with van der Waals surface area (Å²) in [6, 6.07) is 24.9. The highest BCUT2D eigenvalue weighted by molar-refractivity contribution is 5.85. The minimum Gasteiger partial charge on any atom is -0.480 e. The lowest BCUT2D eigenvalue weighted by Gasteiger charge is -2.06. The SMILES string of the molecule is C#CCOc1ccccc1C=Nc1ccc(Oc2ccccc2)cc1. The van der Waals surface area contributed by atoms with Crippen LogP contribution in [0.25, 0.3) is 0 Å². The number of hydrogen-bond donors (Lipinski definition) is 0. The Balaban J connectivity index is 1.69. The van der Waals surface area contributed by atoms with Gasteiger partial charge >= 0.3 is 0 Å². The van der Waals surface area contributed by atoms with Crippen LogP contribution in [0.15, 0.2) is 83.9 Å². The summed E-state index contributed by atoms with van der Waals surface area (Å²) >= 11 is 0.